The Morgan fingerprint density at radius 2 is 2.12 bits per heavy atom. The molecular weight excluding hydrogens is 244 g/mol. The second-order valence-electron chi connectivity index (χ2n) is 3.48. The van der Waals surface area contributed by atoms with Crippen molar-refractivity contribution in [3.63, 3.8) is 0 Å². The first kappa shape index (κ1) is 13.3. The predicted octanol–water partition coefficient (Wildman–Crippen LogP) is 1.17. The molecule has 1 aromatic carbocycles. The number of rotatable bonds is 3. The largest absolute Gasteiger partial charge is 0.468 e. The molecule has 1 rings (SSSR count). The highest BCUT2D eigenvalue weighted by molar-refractivity contribution is 6.34. The fourth-order valence-electron chi connectivity index (χ4n) is 1.24. The third-order valence-electron chi connectivity index (χ3n) is 2.16. The smallest absolute Gasteiger partial charge is 0.325 e. The van der Waals surface area contributed by atoms with Crippen LogP contribution in [-0.2, 0) is 9.53 Å². The molecule has 0 spiro atoms. The van der Waals surface area contributed by atoms with Gasteiger partial charge in [-0.1, -0.05) is 11.6 Å². The van der Waals surface area contributed by atoms with Gasteiger partial charge in [0, 0.05) is 12.7 Å². The summed E-state index contributed by atoms with van der Waals surface area (Å²) in [5, 5.41) is 0.293. The Kier molecular flexibility index (Phi) is 4.34. The molecule has 0 aliphatic carbocycles. The Morgan fingerprint density at radius 1 is 1.47 bits per heavy atom. The molecular formula is C11H13ClN2O3. The van der Waals surface area contributed by atoms with Crippen molar-refractivity contribution in [1.82, 2.24) is 4.90 Å². The average molecular weight is 257 g/mol. The van der Waals surface area contributed by atoms with E-state index in [1.54, 1.807) is 6.07 Å². The maximum absolute atomic E-state index is 11.9. The summed E-state index contributed by atoms with van der Waals surface area (Å²) in [7, 11) is 2.74. The summed E-state index contributed by atoms with van der Waals surface area (Å²) in [6.07, 6.45) is 0. The minimum atomic E-state index is -0.499. The Balaban J connectivity index is 2.88. The summed E-state index contributed by atoms with van der Waals surface area (Å²) < 4.78 is 4.47. The molecule has 0 saturated carbocycles. The number of amides is 1. The molecule has 0 aliphatic rings. The predicted molar refractivity (Wildman–Crippen MR) is 64.8 cm³/mol. The van der Waals surface area contributed by atoms with Crippen molar-refractivity contribution in [2.75, 3.05) is 26.4 Å². The maximum Gasteiger partial charge on any atom is 0.325 e. The number of carbonyl (C=O) groups is 2. The summed E-state index contributed by atoms with van der Waals surface area (Å²) in [6, 6.07) is 4.61. The topological polar surface area (TPSA) is 72.6 Å². The van der Waals surface area contributed by atoms with Crippen LogP contribution < -0.4 is 5.73 Å². The molecule has 0 unspecified atom stereocenters. The van der Waals surface area contributed by atoms with Crippen LogP contribution in [0.1, 0.15) is 10.4 Å². The number of halogens is 1. The van der Waals surface area contributed by atoms with E-state index in [-0.39, 0.29) is 18.0 Å². The van der Waals surface area contributed by atoms with E-state index in [0.29, 0.717) is 10.7 Å². The molecule has 0 aromatic heterocycles. The van der Waals surface area contributed by atoms with Gasteiger partial charge in [-0.2, -0.15) is 0 Å². The van der Waals surface area contributed by atoms with Crippen LogP contribution in [0.2, 0.25) is 5.02 Å². The van der Waals surface area contributed by atoms with Crippen molar-refractivity contribution in [2.45, 2.75) is 0 Å². The average Bonchev–Trinajstić information content (AvgIpc) is 2.31. The van der Waals surface area contributed by atoms with Crippen LogP contribution in [0.5, 0.6) is 0 Å². The zero-order chi connectivity index (χ0) is 13.0. The molecule has 6 heteroatoms. The molecule has 0 aliphatic heterocycles. The molecule has 0 atom stereocenters. The summed E-state index contributed by atoms with van der Waals surface area (Å²) in [5.74, 6) is -0.881. The van der Waals surface area contributed by atoms with Crippen LogP contribution in [0.4, 0.5) is 5.69 Å². The molecule has 0 bridgehead atoms. The van der Waals surface area contributed by atoms with Gasteiger partial charge in [-0.15, -0.1) is 0 Å². The number of hydrogen-bond acceptors (Lipinski definition) is 4. The van der Waals surface area contributed by atoms with Crippen LogP contribution in [0, 0.1) is 0 Å². The molecule has 92 valence electrons. The van der Waals surface area contributed by atoms with Gasteiger partial charge in [0.05, 0.1) is 17.7 Å². The normalized spacial score (nSPS) is 9.82. The number of anilines is 1. The van der Waals surface area contributed by atoms with E-state index in [9.17, 15) is 9.59 Å². The van der Waals surface area contributed by atoms with Gasteiger partial charge in [0.2, 0.25) is 0 Å². The SMILES string of the molecule is COC(=O)CN(C)C(=O)c1cc(N)ccc1Cl. The van der Waals surface area contributed by atoms with Crippen molar-refractivity contribution < 1.29 is 14.3 Å². The summed E-state index contributed by atoms with van der Waals surface area (Å²) in [5.41, 5.74) is 6.27. The van der Waals surface area contributed by atoms with E-state index in [4.69, 9.17) is 17.3 Å². The number of nitrogen functional groups attached to an aromatic ring is 1. The van der Waals surface area contributed by atoms with Crippen molar-refractivity contribution >= 4 is 29.2 Å². The number of benzene rings is 1. The minimum absolute atomic E-state index is 0.138. The molecule has 0 radical (unpaired) electrons. The molecule has 0 fully saturated rings. The molecule has 0 heterocycles. The van der Waals surface area contributed by atoms with Crippen LogP contribution >= 0.6 is 11.6 Å². The number of nitrogens with zero attached hydrogens (tertiary/aromatic N) is 1. The molecule has 1 amide bonds. The highest BCUT2D eigenvalue weighted by Crippen LogP contribution is 2.20. The molecule has 2 N–H and O–H groups in total. The van der Waals surface area contributed by atoms with Gasteiger partial charge in [0.25, 0.3) is 5.91 Å². The first-order valence-electron chi connectivity index (χ1n) is 4.83. The summed E-state index contributed by atoms with van der Waals surface area (Å²) in [6.45, 7) is -0.138. The van der Waals surface area contributed by atoms with Gasteiger partial charge in [0.15, 0.2) is 0 Å². The first-order valence-corrected chi connectivity index (χ1v) is 5.20. The molecule has 5 nitrogen and oxygen atoms in total. The number of methoxy groups -OCH3 is 1. The van der Waals surface area contributed by atoms with Crippen molar-refractivity contribution in [2.24, 2.45) is 0 Å². The van der Waals surface area contributed by atoms with Crippen LogP contribution in [-0.4, -0.2) is 37.5 Å². The van der Waals surface area contributed by atoms with Gasteiger partial charge < -0.3 is 15.4 Å². The van der Waals surface area contributed by atoms with E-state index in [0.717, 1.165) is 0 Å². The molecule has 0 saturated heterocycles. The highest BCUT2D eigenvalue weighted by Gasteiger charge is 2.17. The quantitative estimate of drug-likeness (QED) is 0.651. The number of carbonyl (C=O) groups excluding carboxylic acids is 2. The van der Waals surface area contributed by atoms with Gasteiger partial charge in [-0.25, -0.2) is 0 Å². The van der Waals surface area contributed by atoms with E-state index >= 15 is 0 Å². The lowest BCUT2D eigenvalue weighted by Crippen LogP contribution is -2.32. The first-order chi connectivity index (χ1) is 7.95. The Bertz CT molecular complexity index is 448. The third kappa shape index (κ3) is 3.35. The lowest BCUT2D eigenvalue weighted by atomic mass is 10.2. The van der Waals surface area contributed by atoms with Crippen LogP contribution in [0.25, 0.3) is 0 Å². The van der Waals surface area contributed by atoms with Crippen molar-refractivity contribution in [3.8, 4) is 0 Å². The zero-order valence-corrected chi connectivity index (χ0v) is 10.3. The number of ether oxygens (including phenoxy) is 1. The van der Waals surface area contributed by atoms with Gasteiger partial charge in [0.1, 0.15) is 6.54 Å². The van der Waals surface area contributed by atoms with E-state index in [1.807, 2.05) is 0 Å². The Labute approximate surface area is 104 Å². The monoisotopic (exact) mass is 256 g/mol. The Hall–Kier alpha value is -1.75. The number of likely N-dealkylation sites (N-methyl/N-ethyl adjacent to an activating group) is 1. The van der Waals surface area contributed by atoms with E-state index in [2.05, 4.69) is 4.74 Å². The van der Waals surface area contributed by atoms with Crippen LogP contribution in [0.3, 0.4) is 0 Å². The standard InChI is InChI=1S/C11H13ClN2O3/c1-14(6-10(15)17-2)11(16)8-5-7(13)3-4-9(8)12/h3-5H,6,13H2,1-2H3. The van der Waals surface area contributed by atoms with Crippen LogP contribution in [0.15, 0.2) is 18.2 Å². The fourth-order valence-corrected chi connectivity index (χ4v) is 1.44. The third-order valence-corrected chi connectivity index (χ3v) is 2.49. The highest BCUT2D eigenvalue weighted by atomic mass is 35.5. The maximum atomic E-state index is 11.9. The Morgan fingerprint density at radius 3 is 2.71 bits per heavy atom. The van der Waals surface area contributed by atoms with Gasteiger partial charge >= 0.3 is 5.97 Å². The van der Waals surface area contributed by atoms with E-state index in [1.165, 1.54) is 31.2 Å². The van der Waals surface area contributed by atoms with Crippen molar-refractivity contribution in [3.05, 3.63) is 28.8 Å². The number of nitrogens with two attached hydrogens (primary N) is 1. The summed E-state index contributed by atoms with van der Waals surface area (Å²) in [4.78, 5) is 24.2. The zero-order valence-electron chi connectivity index (χ0n) is 9.57. The molecule has 17 heavy (non-hydrogen) atoms. The number of esters is 1. The van der Waals surface area contributed by atoms with Gasteiger partial charge in [-0.3, -0.25) is 9.59 Å². The lowest BCUT2D eigenvalue weighted by Gasteiger charge is -2.16. The second kappa shape index (κ2) is 5.54. The fraction of sp³-hybridized carbons (Fsp3) is 0.273. The van der Waals surface area contributed by atoms with Crippen molar-refractivity contribution in [1.29, 1.82) is 0 Å². The van der Waals surface area contributed by atoms with Gasteiger partial charge in [-0.05, 0) is 18.2 Å². The van der Waals surface area contributed by atoms with E-state index < -0.39 is 5.97 Å². The minimum Gasteiger partial charge on any atom is -0.468 e. The second-order valence-corrected chi connectivity index (χ2v) is 3.88. The number of hydrogen-bond donors (Lipinski definition) is 1. The molecule has 1 aromatic rings. The summed E-state index contributed by atoms with van der Waals surface area (Å²) >= 11 is 5.89. The lowest BCUT2D eigenvalue weighted by molar-refractivity contribution is -0.141.